The number of amides is 1. The molecule has 0 aliphatic rings. The third kappa shape index (κ3) is 3.72. The van der Waals surface area contributed by atoms with Gasteiger partial charge in [-0.2, -0.15) is 0 Å². The van der Waals surface area contributed by atoms with E-state index in [1.807, 2.05) is 31.2 Å². The van der Waals surface area contributed by atoms with Gasteiger partial charge in [0, 0.05) is 15.7 Å². The maximum absolute atomic E-state index is 12.0. The lowest BCUT2D eigenvalue weighted by molar-refractivity contribution is -0.115. The highest BCUT2D eigenvalue weighted by atomic mass is 35.5. The van der Waals surface area contributed by atoms with Crippen LogP contribution in [0, 0.1) is 6.92 Å². The van der Waals surface area contributed by atoms with Gasteiger partial charge < -0.3 is 5.32 Å². The number of halogens is 2. The minimum absolute atomic E-state index is 0.0986. The van der Waals surface area contributed by atoms with Crippen LogP contribution in [-0.4, -0.2) is 5.91 Å². The van der Waals surface area contributed by atoms with E-state index in [0.29, 0.717) is 10.0 Å². The molecule has 0 radical (unpaired) electrons. The predicted octanol–water partition coefficient (Wildman–Crippen LogP) is 4.48. The lowest BCUT2D eigenvalue weighted by Gasteiger charge is -2.09. The van der Waals surface area contributed by atoms with Crippen molar-refractivity contribution in [1.29, 1.82) is 0 Å². The van der Waals surface area contributed by atoms with Crippen molar-refractivity contribution >= 4 is 34.8 Å². The minimum Gasteiger partial charge on any atom is -0.326 e. The molecular formula is C15H13Cl2NO. The van der Waals surface area contributed by atoms with Crippen LogP contribution >= 0.6 is 23.2 Å². The number of para-hydroxylation sites is 1. The van der Waals surface area contributed by atoms with E-state index in [-0.39, 0.29) is 12.3 Å². The van der Waals surface area contributed by atoms with Crippen molar-refractivity contribution in [1.82, 2.24) is 0 Å². The third-order valence-corrected chi connectivity index (χ3v) is 3.37. The number of hydrogen-bond acceptors (Lipinski definition) is 1. The van der Waals surface area contributed by atoms with E-state index in [1.54, 1.807) is 18.2 Å². The van der Waals surface area contributed by atoms with Crippen molar-refractivity contribution < 1.29 is 4.79 Å². The standard InChI is InChI=1S/C15H13Cl2NO/c1-10-4-2-3-5-14(10)18-15(19)8-11-6-7-12(16)9-13(11)17/h2-7,9H,8H2,1H3,(H,18,19). The largest absolute Gasteiger partial charge is 0.326 e. The SMILES string of the molecule is Cc1ccccc1NC(=O)Cc1ccc(Cl)cc1Cl. The summed E-state index contributed by atoms with van der Waals surface area (Å²) in [5.41, 5.74) is 2.60. The summed E-state index contributed by atoms with van der Waals surface area (Å²) in [4.78, 5) is 12.0. The van der Waals surface area contributed by atoms with Gasteiger partial charge in [-0.25, -0.2) is 0 Å². The number of nitrogens with one attached hydrogen (secondary N) is 1. The van der Waals surface area contributed by atoms with Crippen molar-refractivity contribution in [2.45, 2.75) is 13.3 Å². The first kappa shape index (κ1) is 13.9. The number of carbonyl (C=O) groups excluding carboxylic acids is 1. The van der Waals surface area contributed by atoms with E-state index in [9.17, 15) is 4.79 Å². The zero-order valence-electron chi connectivity index (χ0n) is 10.4. The molecule has 2 aromatic rings. The molecule has 0 spiro atoms. The second-order valence-corrected chi connectivity index (χ2v) is 5.12. The van der Waals surface area contributed by atoms with Gasteiger partial charge in [-0.15, -0.1) is 0 Å². The van der Waals surface area contributed by atoms with Crippen LogP contribution in [0.2, 0.25) is 10.0 Å². The summed E-state index contributed by atoms with van der Waals surface area (Å²) >= 11 is 11.9. The maximum atomic E-state index is 12.0. The highest BCUT2D eigenvalue weighted by molar-refractivity contribution is 6.35. The molecule has 98 valence electrons. The van der Waals surface area contributed by atoms with Crippen LogP contribution in [0.4, 0.5) is 5.69 Å². The molecule has 0 fully saturated rings. The molecule has 0 aliphatic heterocycles. The van der Waals surface area contributed by atoms with Crippen LogP contribution < -0.4 is 5.32 Å². The Hall–Kier alpha value is -1.51. The summed E-state index contributed by atoms with van der Waals surface area (Å²) in [6, 6.07) is 12.8. The van der Waals surface area contributed by atoms with Gasteiger partial charge in [0.05, 0.1) is 6.42 Å². The van der Waals surface area contributed by atoms with E-state index in [2.05, 4.69) is 5.32 Å². The Labute approximate surface area is 122 Å². The molecule has 2 aromatic carbocycles. The molecule has 0 bridgehead atoms. The molecule has 0 unspecified atom stereocenters. The van der Waals surface area contributed by atoms with E-state index in [4.69, 9.17) is 23.2 Å². The molecule has 0 heterocycles. The molecule has 19 heavy (non-hydrogen) atoms. The quantitative estimate of drug-likeness (QED) is 0.888. The minimum atomic E-state index is -0.0986. The molecule has 2 nitrogen and oxygen atoms in total. The van der Waals surface area contributed by atoms with E-state index < -0.39 is 0 Å². The van der Waals surface area contributed by atoms with Gasteiger partial charge in [0.1, 0.15) is 0 Å². The van der Waals surface area contributed by atoms with Crippen molar-refractivity contribution in [3.8, 4) is 0 Å². The molecule has 2 rings (SSSR count). The lowest BCUT2D eigenvalue weighted by Crippen LogP contribution is -2.15. The molecule has 0 aromatic heterocycles. The highest BCUT2D eigenvalue weighted by Gasteiger charge is 2.08. The number of aryl methyl sites for hydroxylation is 1. The number of hydrogen-bond donors (Lipinski definition) is 1. The van der Waals surface area contributed by atoms with Gasteiger partial charge >= 0.3 is 0 Å². The fraction of sp³-hybridized carbons (Fsp3) is 0.133. The molecule has 1 N–H and O–H groups in total. The zero-order valence-corrected chi connectivity index (χ0v) is 11.9. The average Bonchev–Trinajstić information content (AvgIpc) is 2.36. The Morgan fingerprint density at radius 1 is 1.16 bits per heavy atom. The first-order chi connectivity index (χ1) is 9.06. The van der Waals surface area contributed by atoms with E-state index >= 15 is 0 Å². The monoisotopic (exact) mass is 293 g/mol. The van der Waals surface area contributed by atoms with Crippen LogP contribution in [-0.2, 0) is 11.2 Å². The van der Waals surface area contributed by atoms with Gasteiger partial charge in [-0.3, -0.25) is 4.79 Å². The lowest BCUT2D eigenvalue weighted by atomic mass is 10.1. The van der Waals surface area contributed by atoms with Crippen molar-refractivity contribution in [3.63, 3.8) is 0 Å². The van der Waals surface area contributed by atoms with Gasteiger partial charge in [0.25, 0.3) is 0 Å². The molecular weight excluding hydrogens is 281 g/mol. The van der Waals surface area contributed by atoms with Crippen LogP contribution in [0.3, 0.4) is 0 Å². The zero-order chi connectivity index (χ0) is 13.8. The summed E-state index contributed by atoms with van der Waals surface area (Å²) in [5.74, 6) is -0.0986. The van der Waals surface area contributed by atoms with E-state index in [0.717, 1.165) is 16.8 Å². The van der Waals surface area contributed by atoms with Gasteiger partial charge in [0.2, 0.25) is 5.91 Å². The summed E-state index contributed by atoms with van der Waals surface area (Å²) in [7, 11) is 0. The number of benzene rings is 2. The summed E-state index contributed by atoms with van der Waals surface area (Å²) in [6.07, 6.45) is 0.227. The molecule has 0 aliphatic carbocycles. The first-order valence-corrected chi connectivity index (χ1v) is 6.61. The number of rotatable bonds is 3. The molecule has 0 saturated heterocycles. The van der Waals surface area contributed by atoms with Crippen molar-refractivity contribution in [3.05, 3.63) is 63.6 Å². The van der Waals surface area contributed by atoms with Gasteiger partial charge in [-0.1, -0.05) is 47.5 Å². The Bertz CT molecular complexity index is 611. The maximum Gasteiger partial charge on any atom is 0.228 e. The predicted molar refractivity (Wildman–Crippen MR) is 80.0 cm³/mol. The summed E-state index contributed by atoms with van der Waals surface area (Å²) in [5, 5.41) is 3.94. The Kier molecular flexibility index (Phi) is 4.46. The summed E-state index contributed by atoms with van der Waals surface area (Å²) in [6.45, 7) is 1.95. The Morgan fingerprint density at radius 3 is 2.58 bits per heavy atom. The molecule has 1 amide bonds. The van der Waals surface area contributed by atoms with Crippen LogP contribution in [0.5, 0.6) is 0 Å². The van der Waals surface area contributed by atoms with Crippen molar-refractivity contribution in [2.24, 2.45) is 0 Å². The molecule has 0 atom stereocenters. The number of anilines is 1. The normalized spacial score (nSPS) is 10.3. The fourth-order valence-electron chi connectivity index (χ4n) is 1.75. The highest BCUT2D eigenvalue weighted by Crippen LogP contribution is 2.22. The fourth-order valence-corrected chi connectivity index (χ4v) is 2.22. The van der Waals surface area contributed by atoms with E-state index in [1.165, 1.54) is 0 Å². The van der Waals surface area contributed by atoms with Crippen LogP contribution in [0.15, 0.2) is 42.5 Å². The summed E-state index contributed by atoms with van der Waals surface area (Å²) < 4.78 is 0. The van der Waals surface area contributed by atoms with Crippen LogP contribution in [0.1, 0.15) is 11.1 Å². The smallest absolute Gasteiger partial charge is 0.228 e. The second kappa shape index (κ2) is 6.09. The van der Waals surface area contributed by atoms with Gasteiger partial charge in [-0.05, 0) is 36.2 Å². The Morgan fingerprint density at radius 2 is 1.89 bits per heavy atom. The van der Waals surface area contributed by atoms with Crippen LogP contribution in [0.25, 0.3) is 0 Å². The first-order valence-electron chi connectivity index (χ1n) is 5.85. The topological polar surface area (TPSA) is 29.1 Å². The number of carbonyl (C=O) groups is 1. The third-order valence-electron chi connectivity index (χ3n) is 2.79. The second-order valence-electron chi connectivity index (χ2n) is 4.28. The average molecular weight is 294 g/mol. The molecule has 4 heteroatoms. The molecule has 0 saturated carbocycles. The van der Waals surface area contributed by atoms with Gasteiger partial charge in [0.15, 0.2) is 0 Å². The van der Waals surface area contributed by atoms with Crippen molar-refractivity contribution in [2.75, 3.05) is 5.32 Å². The Balaban J connectivity index is 2.08.